The molecule has 3 nitrogen and oxygen atoms in total. The number of anilines is 1. The lowest BCUT2D eigenvalue weighted by molar-refractivity contribution is -0.117. The maximum Gasteiger partial charge on any atom is 0.241 e. The molecule has 0 saturated heterocycles. The number of hydrogen-bond donors (Lipinski definition) is 2. The molecule has 110 valence electrons. The molecule has 0 spiro atoms. The number of carbonyl (C=O) groups excluding carboxylic acids is 1. The third-order valence-corrected chi connectivity index (χ3v) is 4.37. The van der Waals surface area contributed by atoms with Crippen molar-refractivity contribution in [2.75, 3.05) is 11.1 Å². The fraction of sp³-hybridized carbons (Fsp3) is 0.235. The van der Waals surface area contributed by atoms with Crippen LogP contribution in [-0.4, -0.2) is 17.7 Å². The van der Waals surface area contributed by atoms with E-state index in [1.807, 2.05) is 42.5 Å². The molecule has 0 aliphatic heterocycles. The molecule has 0 bridgehead atoms. The molecule has 0 fully saturated rings. The lowest BCUT2D eigenvalue weighted by Crippen LogP contribution is -2.36. The maximum absolute atomic E-state index is 12.0. The normalized spacial score (nSPS) is 11.9. The monoisotopic (exact) mass is 300 g/mol. The minimum absolute atomic E-state index is 0.133. The van der Waals surface area contributed by atoms with E-state index < -0.39 is 6.04 Å². The molecule has 4 heteroatoms. The Morgan fingerprint density at radius 2 is 1.81 bits per heavy atom. The molecule has 0 saturated carbocycles. The number of rotatable bonds is 6. The van der Waals surface area contributed by atoms with Gasteiger partial charge in [0.1, 0.15) is 0 Å². The summed E-state index contributed by atoms with van der Waals surface area (Å²) in [6, 6.07) is 17.1. The number of nitrogens with two attached hydrogens (primary N) is 1. The van der Waals surface area contributed by atoms with Gasteiger partial charge in [0.15, 0.2) is 0 Å². The van der Waals surface area contributed by atoms with Crippen LogP contribution in [0.2, 0.25) is 0 Å². The van der Waals surface area contributed by atoms with E-state index in [1.54, 1.807) is 11.8 Å². The fourth-order valence-corrected chi connectivity index (χ4v) is 2.96. The zero-order valence-corrected chi connectivity index (χ0v) is 12.9. The molecule has 1 atom stereocenters. The van der Waals surface area contributed by atoms with E-state index in [4.69, 9.17) is 5.73 Å². The summed E-state index contributed by atoms with van der Waals surface area (Å²) in [4.78, 5) is 13.2. The van der Waals surface area contributed by atoms with Crippen molar-refractivity contribution in [3.63, 3.8) is 0 Å². The van der Waals surface area contributed by atoms with Crippen molar-refractivity contribution in [1.82, 2.24) is 0 Å². The molecule has 0 aliphatic carbocycles. The van der Waals surface area contributed by atoms with Gasteiger partial charge in [-0.25, -0.2) is 0 Å². The zero-order valence-electron chi connectivity index (χ0n) is 12.1. The second-order valence-corrected chi connectivity index (χ2v) is 6.00. The smallest absolute Gasteiger partial charge is 0.241 e. The largest absolute Gasteiger partial charge is 0.325 e. The Kier molecular flexibility index (Phi) is 5.84. The summed E-state index contributed by atoms with van der Waals surface area (Å²) >= 11 is 1.74. The van der Waals surface area contributed by atoms with Crippen molar-refractivity contribution in [3.05, 3.63) is 60.2 Å². The van der Waals surface area contributed by atoms with Crippen LogP contribution in [0.25, 0.3) is 0 Å². The van der Waals surface area contributed by atoms with Crippen molar-refractivity contribution >= 4 is 23.4 Å². The Labute approximate surface area is 129 Å². The van der Waals surface area contributed by atoms with E-state index in [2.05, 4.69) is 24.4 Å². The number of amides is 1. The van der Waals surface area contributed by atoms with Gasteiger partial charge in [-0.15, -0.1) is 11.8 Å². The Morgan fingerprint density at radius 1 is 1.14 bits per heavy atom. The van der Waals surface area contributed by atoms with Gasteiger partial charge in [0.2, 0.25) is 5.91 Å². The lowest BCUT2D eigenvalue weighted by atomic mass is 10.2. The molecule has 0 radical (unpaired) electrons. The highest BCUT2D eigenvalue weighted by Gasteiger charge is 2.13. The average Bonchev–Trinajstić information content (AvgIpc) is 2.50. The first kappa shape index (κ1) is 15.6. The van der Waals surface area contributed by atoms with E-state index >= 15 is 0 Å². The summed E-state index contributed by atoms with van der Waals surface area (Å²) in [6.45, 7) is 2.09. The van der Waals surface area contributed by atoms with E-state index in [-0.39, 0.29) is 5.91 Å². The van der Waals surface area contributed by atoms with Crippen molar-refractivity contribution in [3.8, 4) is 0 Å². The third-order valence-electron chi connectivity index (χ3n) is 3.16. The maximum atomic E-state index is 12.0. The standard InChI is InChI=1S/C17H20N2OS/c1-13-7-5-6-10-16(13)21-12-11-15(18)17(20)19-14-8-3-2-4-9-14/h2-10,15H,11-12,18H2,1H3,(H,19,20). The second kappa shape index (κ2) is 7.86. The van der Waals surface area contributed by atoms with Crippen LogP contribution in [0.5, 0.6) is 0 Å². The first-order valence-corrected chi connectivity index (χ1v) is 7.95. The highest BCUT2D eigenvalue weighted by molar-refractivity contribution is 7.99. The Balaban J connectivity index is 1.78. The van der Waals surface area contributed by atoms with E-state index in [1.165, 1.54) is 10.5 Å². The molecule has 0 heterocycles. The number of hydrogen-bond acceptors (Lipinski definition) is 3. The van der Waals surface area contributed by atoms with Gasteiger partial charge in [-0.3, -0.25) is 4.79 Å². The van der Waals surface area contributed by atoms with Gasteiger partial charge in [0, 0.05) is 10.6 Å². The predicted octanol–water partition coefficient (Wildman–Crippen LogP) is 3.44. The van der Waals surface area contributed by atoms with Crippen LogP contribution >= 0.6 is 11.8 Å². The van der Waals surface area contributed by atoms with Crippen molar-refractivity contribution in [2.24, 2.45) is 5.73 Å². The molecule has 0 aromatic heterocycles. The van der Waals surface area contributed by atoms with Gasteiger partial charge < -0.3 is 11.1 Å². The SMILES string of the molecule is Cc1ccccc1SCCC(N)C(=O)Nc1ccccc1. The van der Waals surface area contributed by atoms with E-state index in [0.29, 0.717) is 6.42 Å². The second-order valence-electron chi connectivity index (χ2n) is 4.86. The molecule has 0 aliphatic rings. The number of nitrogens with one attached hydrogen (secondary N) is 1. The van der Waals surface area contributed by atoms with Crippen LogP contribution < -0.4 is 11.1 Å². The molecular weight excluding hydrogens is 280 g/mol. The summed E-state index contributed by atoms with van der Waals surface area (Å²) < 4.78 is 0. The van der Waals surface area contributed by atoms with Crippen LogP contribution in [0.15, 0.2) is 59.5 Å². The predicted molar refractivity (Wildman–Crippen MR) is 89.6 cm³/mol. The van der Waals surface area contributed by atoms with Gasteiger partial charge in [-0.05, 0) is 42.9 Å². The highest BCUT2D eigenvalue weighted by Crippen LogP contribution is 2.22. The van der Waals surface area contributed by atoms with Crippen molar-refractivity contribution < 1.29 is 4.79 Å². The molecule has 21 heavy (non-hydrogen) atoms. The number of thioether (sulfide) groups is 1. The quantitative estimate of drug-likeness (QED) is 0.803. The zero-order chi connectivity index (χ0) is 15.1. The van der Waals surface area contributed by atoms with Crippen LogP contribution in [-0.2, 0) is 4.79 Å². The van der Waals surface area contributed by atoms with Gasteiger partial charge in [-0.2, -0.15) is 0 Å². The summed E-state index contributed by atoms with van der Waals surface area (Å²) in [7, 11) is 0. The Hall–Kier alpha value is -1.78. The molecule has 2 rings (SSSR count). The lowest BCUT2D eigenvalue weighted by Gasteiger charge is -2.12. The first-order chi connectivity index (χ1) is 10.2. The molecular formula is C17H20N2OS. The van der Waals surface area contributed by atoms with Crippen LogP contribution in [0, 0.1) is 6.92 Å². The highest BCUT2D eigenvalue weighted by atomic mass is 32.2. The van der Waals surface area contributed by atoms with Gasteiger partial charge in [-0.1, -0.05) is 36.4 Å². The fourth-order valence-electron chi connectivity index (χ4n) is 1.90. The number of para-hydroxylation sites is 1. The summed E-state index contributed by atoms with van der Waals surface area (Å²) in [5, 5.41) is 2.83. The molecule has 1 unspecified atom stereocenters. The van der Waals surface area contributed by atoms with Crippen LogP contribution in [0.4, 0.5) is 5.69 Å². The average molecular weight is 300 g/mol. The van der Waals surface area contributed by atoms with E-state index in [9.17, 15) is 4.79 Å². The first-order valence-electron chi connectivity index (χ1n) is 6.97. The Morgan fingerprint density at radius 3 is 2.52 bits per heavy atom. The number of aryl methyl sites for hydroxylation is 1. The van der Waals surface area contributed by atoms with Gasteiger partial charge >= 0.3 is 0 Å². The molecule has 2 aromatic rings. The van der Waals surface area contributed by atoms with Gasteiger partial charge in [0.25, 0.3) is 0 Å². The van der Waals surface area contributed by atoms with Crippen molar-refractivity contribution in [1.29, 1.82) is 0 Å². The van der Waals surface area contributed by atoms with Crippen LogP contribution in [0.1, 0.15) is 12.0 Å². The third kappa shape index (κ3) is 4.92. The van der Waals surface area contributed by atoms with Gasteiger partial charge in [0.05, 0.1) is 6.04 Å². The summed E-state index contributed by atoms with van der Waals surface area (Å²) in [6.07, 6.45) is 0.650. The topological polar surface area (TPSA) is 55.1 Å². The van der Waals surface area contributed by atoms with Crippen LogP contribution in [0.3, 0.4) is 0 Å². The summed E-state index contributed by atoms with van der Waals surface area (Å²) in [5.41, 5.74) is 7.98. The molecule has 2 aromatic carbocycles. The van der Waals surface area contributed by atoms with Crippen molar-refractivity contribution in [2.45, 2.75) is 24.3 Å². The number of benzene rings is 2. The minimum atomic E-state index is -0.485. The molecule has 3 N–H and O–H groups in total. The Bertz CT molecular complexity index is 586. The minimum Gasteiger partial charge on any atom is -0.325 e. The number of carbonyl (C=O) groups is 1. The summed E-state index contributed by atoms with van der Waals surface area (Å²) in [5.74, 6) is 0.695. The molecule has 1 amide bonds. The van der Waals surface area contributed by atoms with E-state index in [0.717, 1.165) is 11.4 Å².